The van der Waals surface area contributed by atoms with Gasteiger partial charge in [-0.1, -0.05) is 6.42 Å². The number of rotatable bonds is 5. The van der Waals surface area contributed by atoms with Crippen molar-refractivity contribution in [2.75, 3.05) is 20.1 Å². The highest BCUT2D eigenvalue weighted by atomic mass is 16.2. The molecule has 6 heteroatoms. The number of carbonyl (C=O) groups is 2. The molecule has 3 amide bonds. The van der Waals surface area contributed by atoms with E-state index < -0.39 is 6.03 Å². The summed E-state index contributed by atoms with van der Waals surface area (Å²) in [5.41, 5.74) is 10.6. The fraction of sp³-hybridized carbons (Fsp3) is 0.818. The van der Waals surface area contributed by atoms with E-state index in [1.54, 1.807) is 0 Å². The highest BCUT2D eigenvalue weighted by molar-refractivity contribution is 5.93. The molecule has 0 saturated heterocycles. The van der Waals surface area contributed by atoms with E-state index in [-0.39, 0.29) is 12.3 Å². The molecule has 0 aromatic rings. The van der Waals surface area contributed by atoms with Crippen molar-refractivity contribution in [3.63, 3.8) is 0 Å². The maximum absolute atomic E-state index is 11.3. The number of hydrogen-bond donors (Lipinski definition) is 3. The lowest BCUT2D eigenvalue weighted by Gasteiger charge is -2.28. The predicted molar refractivity (Wildman–Crippen MR) is 65.2 cm³/mol. The van der Waals surface area contributed by atoms with Crippen LogP contribution in [0.15, 0.2) is 0 Å². The van der Waals surface area contributed by atoms with Gasteiger partial charge in [0.25, 0.3) is 0 Å². The molecule has 5 N–H and O–H groups in total. The lowest BCUT2D eigenvalue weighted by Crippen LogP contribution is -2.41. The van der Waals surface area contributed by atoms with Crippen molar-refractivity contribution in [1.29, 1.82) is 0 Å². The molecular weight excluding hydrogens is 220 g/mol. The summed E-state index contributed by atoms with van der Waals surface area (Å²) in [7, 11) is 2.00. The number of imide groups is 1. The van der Waals surface area contributed by atoms with Crippen molar-refractivity contribution >= 4 is 11.9 Å². The first-order chi connectivity index (χ1) is 8.04. The molecule has 0 bridgehead atoms. The smallest absolute Gasteiger partial charge is 0.318 e. The minimum Gasteiger partial charge on any atom is -0.351 e. The van der Waals surface area contributed by atoms with E-state index in [1.807, 2.05) is 7.05 Å². The number of primary amides is 1. The summed E-state index contributed by atoms with van der Waals surface area (Å²) in [6.45, 7) is 1.32. The van der Waals surface area contributed by atoms with Crippen LogP contribution in [0.5, 0.6) is 0 Å². The number of urea groups is 1. The van der Waals surface area contributed by atoms with Gasteiger partial charge >= 0.3 is 6.03 Å². The number of amides is 3. The molecule has 2 unspecified atom stereocenters. The molecule has 0 aliphatic heterocycles. The van der Waals surface area contributed by atoms with Gasteiger partial charge in [0.05, 0.1) is 0 Å². The second kappa shape index (κ2) is 6.56. The Kier molecular flexibility index (Phi) is 5.37. The Morgan fingerprint density at radius 1 is 1.41 bits per heavy atom. The van der Waals surface area contributed by atoms with E-state index in [0.717, 1.165) is 6.42 Å². The lowest BCUT2D eigenvalue weighted by atomic mass is 10.0. The van der Waals surface area contributed by atoms with Gasteiger partial charge in [-0.2, -0.15) is 0 Å². The normalized spacial score (nSPS) is 23.9. The molecule has 0 aromatic heterocycles. The molecule has 0 aromatic carbocycles. The molecule has 1 saturated carbocycles. The first-order valence-electron chi connectivity index (χ1n) is 6.04. The first kappa shape index (κ1) is 13.9. The van der Waals surface area contributed by atoms with Gasteiger partial charge in [0, 0.05) is 19.0 Å². The summed E-state index contributed by atoms with van der Waals surface area (Å²) in [4.78, 5) is 23.9. The van der Waals surface area contributed by atoms with Crippen LogP contribution < -0.4 is 16.8 Å². The molecule has 98 valence electrons. The van der Waals surface area contributed by atoms with Crippen LogP contribution >= 0.6 is 0 Å². The SMILES string of the molecule is CN(CCC(=O)NC(N)=O)C1CCCC1CN. The molecule has 1 aliphatic rings. The second-order valence-corrected chi connectivity index (χ2v) is 4.64. The number of carbonyl (C=O) groups excluding carboxylic acids is 2. The van der Waals surface area contributed by atoms with Crippen LogP contribution in [0.2, 0.25) is 0 Å². The van der Waals surface area contributed by atoms with Crippen LogP contribution in [-0.2, 0) is 4.79 Å². The van der Waals surface area contributed by atoms with Gasteiger partial charge < -0.3 is 16.4 Å². The molecule has 0 spiro atoms. The number of nitrogens with zero attached hydrogens (tertiary/aromatic N) is 1. The Balaban J connectivity index is 2.31. The summed E-state index contributed by atoms with van der Waals surface area (Å²) in [5, 5.41) is 2.06. The summed E-state index contributed by atoms with van der Waals surface area (Å²) in [5.74, 6) is 0.200. The van der Waals surface area contributed by atoms with Crippen LogP contribution in [0.4, 0.5) is 4.79 Å². The molecular formula is C11H22N4O2. The van der Waals surface area contributed by atoms with Crippen LogP contribution in [0.3, 0.4) is 0 Å². The maximum Gasteiger partial charge on any atom is 0.318 e. The zero-order valence-electron chi connectivity index (χ0n) is 10.3. The van der Waals surface area contributed by atoms with Crippen molar-refractivity contribution in [3.05, 3.63) is 0 Å². The van der Waals surface area contributed by atoms with Crippen molar-refractivity contribution < 1.29 is 9.59 Å². The molecule has 6 nitrogen and oxygen atoms in total. The van der Waals surface area contributed by atoms with Crippen molar-refractivity contribution in [3.8, 4) is 0 Å². The Hall–Kier alpha value is -1.14. The zero-order chi connectivity index (χ0) is 12.8. The van der Waals surface area contributed by atoms with E-state index >= 15 is 0 Å². The van der Waals surface area contributed by atoms with Crippen LogP contribution in [0.25, 0.3) is 0 Å². The summed E-state index contributed by atoms with van der Waals surface area (Å²) < 4.78 is 0. The van der Waals surface area contributed by atoms with Crippen LogP contribution in [-0.4, -0.2) is 43.0 Å². The molecule has 1 fully saturated rings. The highest BCUT2D eigenvalue weighted by Gasteiger charge is 2.29. The van der Waals surface area contributed by atoms with Gasteiger partial charge in [-0.15, -0.1) is 0 Å². The second-order valence-electron chi connectivity index (χ2n) is 4.64. The Morgan fingerprint density at radius 2 is 2.12 bits per heavy atom. The number of nitrogens with one attached hydrogen (secondary N) is 1. The van der Waals surface area contributed by atoms with E-state index in [1.165, 1.54) is 12.8 Å². The highest BCUT2D eigenvalue weighted by Crippen LogP contribution is 2.28. The summed E-state index contributed by atoms with van der Waals surface area (Å²) in [6.07, 6.45) is 3.78. The van der Waals surface area contributed by atoms with Crippen molar-refractivity contribution in [2.45, 2.75) is 31.7 Å². The topological polar surface area (TPSA) is 101 Å². The molecule has 17 heavy (non-hydrogen) atoms. The maximum atomic E-state index is 11.3. The van der Waals surface area contributed by atoms with E-state index in [4.69, 9.17) is 11.5 Å². The van der Waals surface area contributed by atoms with E-state index in [0.29, 0.717) is 25.0 Å². The van der Waals surface area contributed by atoms with Crippen LogP contribution in [0.1, 0.15) is 25.7 Å². The molecule has 1 rings (SSSR count). The molecule has 1 aliphatic carbocycles. The Bertz CT molecular complexity index is 283. The quantitative estimate of drug-likeness (QED) is 0.612. The van der Waals surface area contributed by atoms with Gasteiger partial charge in [0.1, 0.15) is 0 Å². The summed E-state index contributed by atoms with van der Waals surface area (Å²) in [6, 6.07) is -0.334. The number of nitrogens with two attached hydrogens (primary N) is 2. The zero-order valence-corrected chi connectivity index (χ0v) is 10.3. The molecule has 0 heterocycles. The van der Waals surface area contributed by atoms with Gasteiger partial charge in [0.15, 0.2) is 0 Å². The fourth-order valence-corrected chi connectivity index (χ4v) is 2.52. The van der Waals surface area contributed by atoms with Crippen LogP contribution in [0, 0.1) is 5.92 Å². The monoisotopic (exact) mass is 242 g/mol. The molecule has 2 atom stereocenters. The third-order valence-corrected chi connectivity index (χ3v) is 3.44. The number of hydrogen-bond acceptors (Lipinski definition) is 4. The van der Waals surface area contributed by atoms with E-state index in [2.05, 4.69) is 10.2 Å². The predicted octanol–water partition coefficient (Wildman–Crippen LogP) is -0.369. The average Bonchev–Trinajstić information content (AvgIpc) is 2.72. The minimum absolute atomic E-state index is 0.285. The van der Waals surface area contributed by atoms with Gasteiger partial charge in [-0.05, 0) is 32.4 Å². The first-order valence-corrected chi connectivity index (χ1v) is 6.04. The Labute approximate surface area is 102 Å². The summed E-state index contributed by atoms with van der Waals surface area (Å²) >= 11 is 0. The standard InChI is InChI=1S/C11H22N4O2/c1-15(6-5-10(16)14-11(13)17)9-4-2-3-8(9)7-12/h8-9H,2-7,12H2,1H3,(H3,13,14,16,17). The average molecular weight is 242 g/mol. The largest absolute Gasteiger partial charge is 0.351 e. The third-order valence-electron chi connectivity index (χ3n) is 3.44. The molecule has 0 radical (unpaired) electrons. The fourth-order valence-electron chi connectivity index (χ4n) is 2.52. The third kappa shape index (κ3) is 4.32. The van der Waals surface area contributed by atoms with Crippen molar-refractivity contribution in [2.24, 2.45) is 17.4 Å². The van der Waals surface area contributed by atoms with Crippen molar-refractivity contribution in [1.82, 2.24) is 10.2 Å². The lowest BCUT2D eigenvalue weighted by molar-refractivity contribution is -0.120. The minimum atomic E-state index is -0.793. The van der Waals surface area contributed by atoms with E-state index in [9.17, 15) is 9.59 Å². The van der Waals surface area contributed by atoms with Gasteiger partial charge in [-0.25, -0.2) is 4.79 Å². The Morgan fingerprint density at radius 3 is 2.71 bits per heavy atom. The van der Waals surface area contributed by atoms with Gasteiger partial charge in [-0.3, -0.25) is 10.1 Å². The van der Waals surface area contributed by atoms with Gasteiger partial charge in [0.2, 0.25) is 5.91 Å².